The summed E-state index contributed by atoms with van der Waals surface area (Å²) in [6, 6.07) is 12.6. The minimum Gasteiger partial charge on any atom is -0.493 e. The number of carbonyl (C=O) groups is 1. The maximum absolute atomic E-state index is 10.6. The first-order valence-electron chi connectivity index (χ1n) is 8.44. The molecule has 2 rings (SSSR count). The molecular formula is C20H25NO5. The topological polar surface area (TPSA) is 77.0 Å². The number of aliphatic hydroxyl groups excluding tert-OH is 1. The van der Waals surface area contributed by atoms with Crippen LogP contribution in [0.25, 0.3) is 0 Å². The molecule has 0 fully saturated rings. The standard InChI is InChI=1S/C20H25NO5/c1-24-19-8-5-15(11-20(19)25-2)9-10-21-12-17(23)14-26-18-6-3-16(13-22)4-7-18/h3-8,11,13,17,21,23H,9-10,12,14H2,1-2H3/t17-/m0/s1. The molecule has 2 N–H and O–H groups in total. The first-order chi connectivity index (χ1) is 12.7. The smallest absolute Gasteiger partial charge is 0.160 e. The van der Waals surface area contributed by atoms with E-state index in [-0.39, 0.29) is 6.61 Å². The summed E-state index contributed by atoms with van der Waals surface area (Å²) in [4.78, 5) is 10.6. The molecule has 0 aromatic heterocycles. The number of benzene rings is 2. The largest absolute Gasteiger partial charge is 0.493 e. The Hall–Kier alpha value is -2.57. The fourth-order valence-electron chi connectivity index (χ4n) is 2.43. The molecule has 0 saturated heterocycles. The van der Waals surface area contributed by atoms with Gasteiger partial charge in [-0.25, -0.2) is 0 Å². The highest BCUT2D eigenvalue weighted by Crippen LogP contribution is 2.27. The van der Waals surface area contributed by atoms with E-state index in [1.54, 1.807) is 38.5 Å². The molecule has 0 radical (unpaired) electrons. The Bertz CT molecular complexity index is 687. The fourth-order valence-corrected chi connectivity index (χ4v) is 2.43. The van der Waals surface area contributed by atoms with E-state index in [1.807, 2.05) is 18.2 Å². The zero-order chi connectivity index (χ0) is 18.8. The molecule has 0 aliphatic rings. The van der Waals surface area contributed by atoms with Crippen LogP contribution in [0, 0.1) is 0 Å². The summed E-state index contributed by atoms with van der Waals surface area (Å²) >= 11 is 0. The number of aldehydes is 1. The molecule has 1 atom stereocenters. The van der Waals surface area contributed by atoms with Gasteiger partial charge in [-0.2, -0.15) is 0 Å². The Labute approximate surface area is 153 Å². The minimum atomic E-state index is -0.619. The highest BCUT2D eigenvalue weighted by atomic mass is 16.5. The fraction of sp³-hybridized carbons (Fsp3) is 0.350. The Morgan fingerprint density at radius 1 is 1.08 bits per heavy atom. The van der Waals surface area contributed by atoms with Gasteiger partial charge < -0.3 is 24.6 Å². The summed E-state index contributed by atoms with van der Waals surface area (Å²) in [5.41, 5.74) is 1.71. The normalized spacial score (nSPS) is 11.7. The van der Waals surface area contributed by atoms with Crippen molar-refractivity contribution in [1.29, 1.82) is 0 Å². The minimum absolute atomic E-state index is 0.184. The lowest BCUT2D eigenvalue weighted by Crippen LogP contribution is -2.32. The lowest BCUT2D eigenvalue weighted by Gasteiger charge is -2.14. The van der Waals surface area contributed by atoms with E-state index in [4.69, 9.17) is 14.2 Å². The number of hydrogen-bond acceptors (Lipinski definition) is 6. The van der Waals surface area contributed by atoms with Crippen LogP contribution in [0.3, 0.4) is 0 Å². The predicted molar refractivity (Wildman–Crippen MR) is 99.5 cm³/mol. The van der Waals surface area contributed by atoms with E-state index < -0.39 is 6.10 Å². The Balaban J connectivity index is 1.68. The maximum Gasteiger partial charge on any atom is 0.160 e. The van der Waals surface area contributed by atoms with Crippen molar-refractivity contribution in [2.24, 2.45) is 0 Å². The van der Waals surface area contributed by atoms with Crippen LogP contribution in [0.5, 0.6) is 17.2 Å². The van der Waals surface area contributed by atoms with E-state index in [0.29, 0.717) is 29.4 Å². The van der Waals surface area contributed by atoms with Gasteiger partial charge in [0.1, 0.15) is 24.7 Å². The van der Waals surface area contributed by atoms with Crippen LogP contribution < -0.4 is 19.5 Å². The van der Waals surface area contributed by atoms with Crippen molar-refractivity contribution < 1.29 is 24.1 Å². The third-order valence-electron chi connectivity index (χ3n) is 3.88. The van der Waals surface area contributed by atoms with Crippen LogP contribution in [-0.4, -0.2) is 51.4 Å². The Kier molecular flexibility index (Phi) is 7.92. The molecule has 0 saturated carbocycles. The predicted octanol–water partition coefficient (Wildman–Crippen LogP) is 2.09. The maximum atomic E-state index is 10.6. The van der Waals surface area contributed by atoms with Gasteiger partial charge in [0.15, 0.2) is 11.5 Å². The molecule has 0 aliphatic carbocycles. The molecule has 26 heavy (non-hydrogen) atoms. The summed E-state index contributed by atoms with van der Waals surface area (Å²) < 4.78 is 16.0. The molecular weight excluding hydrogens is 334 g/mol. The van der Waals surface area contributed by atoms with Crippen molar-refractivity contribution in [3.63, 3.8) is 0 Å². The summed E-state index contributed by atoms with van der Waals surface area (Å²) in [6.45, 7) is 1.34. The lowest BCUT2D eigenvalue weighted by atomic mass is 10.1. The van der Waals surface area contributed by atoms with Crippen LogP contribution in [0.15, 0.2) is 42.5 Å². The zero-order valence-electron chi connectivity index (χ0n) is 15.1. The number of hydrogen-bond donors (Lipinski definition) is 2. The quantitative estimate of drug-likeness (QED) is 0.473. The highest BCUT2D eigenvalue weighted by Gasteiger charge is 2.07. The van der Waals surface area contributed by atoms with Gasteiger partial charge in [0, 0.05) is 12.1 Å². The molecule has 0 heterocycles. The average molecular weight is 359 g/mol. The number of methoxy groups -OCH3 is 2. The first kappa shape index (κ1) is 19.8. The number of ether oxygens (including phenoxy) is 3. The zero-order valence-corrected chi connectivity index (χ0v) is 15.1. The SMILES string of the molecule is COc1ccc(CCNC[C@H](O)COc2ccc(C=O)cc2)cc1OC. The first-order valence-corrected chi connectivity index (χ1v) is 8.44. The van der Waals surface area contributed by atoms with E-state index >= 15 is 0 Å². The second kappa shape index (κ2) is 10.4. The van der Waals surface area contributed by atoms with Crippen molar-refractivity contribution in [3.05, 3.63) is 53.6 Å². The van der Waals surface area contributed by atoms with Crippen molar-refractivity contribution in [2.75, 3.05) is 33.9 Å². The van der Waals surface area contributed by atoms with Crippen molar-refractivity contribution >= 4 is 6.29 Å². The van der Waals surface area contributed by atoms with Crippen LogP contribution in [0.2, 0.25) is 0 Å². The van der Waals surface area contributed by atoms with Crippen LogP contribution in [-0.2, 0) is 6.42 Å². The van der Waals surface area contributed by atoms with Gasteiger partial charge in [0.2, 0.25) is 0 Å². The summed E-state index contributed by atoms with van der Waals surface area (Å²) in [6.07, 6.45) is 0.966. The van der Waals surface area contributed by atoms with Gasteiger partial charge >= 0.3 is 0 Å². The second-order valence-electron chi connectivity index (χ2n) is 5.80. The van der Waals surface area contributed by atoms with E-state index in [9.17, 15) is 9.90 Å². The van der Waals surface area contributed by atoms with Crippen LogP contribution in [0.1, 0.15) is 15.9 Å². The number of aliphatic hydroxyl groups is 1. The van der Waals surface area contributed by atoms with Crippen LogP contribution >= 0.6 is 0 Å². The Morgan fingerprint density at radius 2 is 1.81 bits per heavy atom. The van der Waals surface area contributed by atoms with E-state index in [0.717, 1.165) is 24.8 Å². The molecule has 0 bridgehead atoms. The van der Waals surface area contributed by atoms with Gasteiger partial charge in [0.05, 0.1) is 14.2 Å². The lowest BCUT2D eigenvalue weighted by molar-refractivity contribution is 0.106. The molecule has 0 spiro atoms. The molecule has 2 aromatic carbocycles. The van der Waals surface area contributed by atoms with Gasteiger partial charge in [-0.05, 0) is 54.9 Å². The molecule has 0 aliphatic heterocycles. The molecule has 0 amide bonds. The highest BCUT2D eigenvalue weighted by molar-refractivity contribution is 5.74. The summed E-state index contributed by atoms with van der Waals surface area (Å²) in [7, 11) is 3.22. The van der Waals surface area contributed by atoms with Gasteiger partial charge in [-0.1, -0.05) is 6.07 Å². The Morgan fingerprint density at radius 3 is 2.46 bits per heavy atom. The van der Waals surface area contributed by atoms with Crippen molar-refractivity contribution in [2.45, 2.75) is 12.5 Å². The molecule has 0 unspecified atom stereocenters. The molecule has 6 nitrogen and oxygen atoms in total. The number of nitrogens with one attached hydrogen (secondary N) is 1. The monoisotopic (exact) mass is 359 g/mol. The third-order valence-corrected chi connectivity index (χ3v) is 3.88. The van der Waals surface area contributed by atoms with Crippen molar-refractivity contribution in [3.8, 4) is 17.2 Å². The second-order valence-corrected chi connectivity index (χ2v) is 5.80. The molecule has 140 valence electrons. The van der Waals surface area contributed by atoms with Gasteiger partial charge in [-0.15, -0.1) is 0 Å². The third kappa shape index (κ3) is 6.06. The van der Waals surface area contributed by atoms with E-state index in [2.05, 4.69) is 5.32 Å². The summed E-state index contributed by atoms with van der Waals surface area (Å²) in [5, 5.41) is 13.2. The summed E-state index contributed by atoms with van der Waals surface area (Å²) in [5.74, 6) is 2.04. The number of carbonyl (C=O) groups excluding carboxylic acids is 1. The van der Waals surface area contributed by atoms with Gasteiger partial charge in [0.25, 0.3) is 0 Å². The van der Waals surface area contributed by atoms with Crippen molar-refractivity contribution in [1.82, 2.24) is 5.32 Å². The van der Waals surface area contributed by atoms with E-state index in [1.165, 1.54) is 0 Å². The van der Waals surface area contributed by atoms with Crippen LogP contribution in [0.4, 0.5) is 0 Å². The van der Waals surface area contributed by atoms with Gasteiger partial charge in [-0.3, -0.25) is 4.79 Å². The number of rotatable bonds is 11. The molecule has 2 aromatic rings. The molecule has 6 heteroatoms. The average Bonchev–Trinajstić information content (AvgIpc) is 2.69.